The predicted octanol–water partition coefficient (Wildman–Crippen LogP) is 22.5. The molecule has 0 aliphatic heterocycles. The molecule has 0 aromatic carbocycles. The lowest BCUT2D eigenvalue weighted by Gasteiger charge is -2.21. The van der Waals surface area contributed by atoms with Crippen LogP contribution in [0.5, 0.6) is 0 Å². The van der Waals surface area contributed by atoms with Crippen molar-refractivity contribution >= 4 is 39.5 Å². The third-order valence-electron chi connectivity index (χ3n) is 17.8. The Kier molecular flexibility index (Phi) is 67.7. The third kappa shape index (κ3) is 70.3. The summed E-state index contributed by atoms with van der Waals surface area (Å²) in [4.78, 5) is 72.8. The predicted molar refractivity (Wildman–Crippen MR) is 386 cm³/mol. The van der Waals surface area contributed by atoms with Crippen molar-refractivity contribution in [1.82, 2.24) is 0 Å². The topological polar surface area (TPSA) is 237 Å². The van der Waals surface area contributed by atoms with Crippen LogP contribution in [0, 0.1) is 5.92 Å². The van der Waals surface area contributed by atoms with Crippen LogP contribution < -0.4 is 0 Å². The first kappa shape index (κ1) is 93.1. The van der Waals surface area contributed by atoms with Crippen molar-refractivity contribution in [2.45, 2.75) is 419 Å². The van der Waals surface area contributed by atoms with E-state index in [1.165, 1.54) is 225 Å². The summed E-state index contributed by atoms with van der Waals surface area (Å²) in [6, 6.07) is 0. The fourth-order valence-corrected chi connectivity index (χ4v) is 13.3. The van der Waals surface area contributed by atoms with Crippen molar-refractivity contribution < 1.29 is 80.2 Å². The molecule has 0 aliphatic carbocycles. The Bertz CT molecular complexity index is 1820. The summed E-state index contributed by atoms with van der Waals surface area (Å²) in [6.45, 7) is 7.30. The highest BCUT2D eigenvalue weighted by Gasteiger charge is 2.30. The van der Waals surface area contributed by atoms with Crippen molar-refractivity contribution in [3.8, 4) is 0 Å². The fourth-order valence-electron chi connectivity index (χ4n) is 11.7. The van der Waals surface area contributed by atoms with E-state index in [-0.39, 0.29) is 25.7 Å². The summed E-state index contributed by atoms with van der Waals surface area (Å²) >= 11 is 0. The zero-order valence-corrected chi connectivity index (χ0v) is 63.6. The number of ether oxygens (including phenoxy) is 4. The van der Waals surface area contributed by atoms with E-state index in [0.29, 0.717) is 25.7 Å². The monoisotopic (exact) mass is 1400 g/mol. The van der Waals surface area contributed by atoms with Crippen LogP contribution >= 0.6 is 15.6 Å². The number of unbranched alkanes of at least 4 members (excludes halogenated alkanes) is 48. The number of hydrogen-bond donors (Lipinski definition) is 3. The largest absolute Gasteiger partial charge is 0.472 e. The Morgan fingerprint density at radius 1 is 0.284 bits per heavy atom. The van der Waals surface area contributed by atoms with Crippen LogP contribution in [0.1, 0.15) is 401 Å². The van der Waals surface area contributed by atoms with Gasteiger partial charge >= 0.3 is 39.5 Å². The number of aliphatic hydroxyl groups excluding tert-OH is 1. The number of carbonyl (C=O) groups is 4. The second-order valence-electron chi connectivity index (χ2n) is 27.9. The summed E-state index contributed by atoms with van der Waals surface area (Å²) < 4.78 is 68.5. The van der Waals surface area contributed by atoms with Crippen LogP contribution in [0.15, 0.2) is 0 Å². The van der Waals surface area contributed by atoms with E-state index in [4.69, 9.17) is 37.0 Å². The molecule has 0 rings (SSSR count). The van der Waals surface area contributed by atoms with Gasteiger partial charge in [0.25, 0.3) is 0 Å². The van der Waals surface area contributed by atoms with E-state index in [9.17, 15) is 43.2 Å². The zero-order valence-electron chi connectivity index (χ0n) is 61.8. The zero-order chi connectivity index (χ0) is 69.8. The van der Waals surface area contributed by atoms with Gasteiger partial charge < -0.3 is 33.8 Å². The molecule has 2 unspecified atom stereocenters. The molecule has 95 heavy (non-hydrogen) atoms. The molecule has 5 atom stereocenters. The van der Waals surface area contributed by atoms with Gasteiger partial charge in [0.05, 0.1) is 26.4 Å². The molecule has 17 nitrogen and oxygen atoms in total. The summed E-state index contributed by atoms with van der Waals surface area (Å²) in [5, 5.41) is 10.6. The van der Waals surface area contributed by atoms with Gasteiger partial charge in [0.2, 0.25) is 0 Å². The van der Waals surface area contributed by atoms with E-state index < -0.39 is 97.5 Å². The van der Waals surface area contributed by atoms with Gasteiger partial charge in [0, 0.05) is 25.7 Å². The van der Waals surface area contributed by atoms with Crippen LogP contribution in [0.3, 0.4) is 0 Å². The number of phosphoric ester groups is 2. The fraction of sp³-hybridized carbons (Fsp3) is 0.947. The van der Waals surface area contributed by atoms with Crippen molar-refractivity contribution in [3.05, 3.63) is 0 Å². The highest BCUT2D eigenvalue weighted by Crippen LogP contribution is 2.45. The molecule has 564 valence electrons. The molecule has 0 aromatic heterocycles. The Morgan fingerprint density at radius 2 is 0.484 bits per heavy atom. The minimum atomic E-state index is -4.96. The van der Waals surface area contributed by atoms with E-state index in [1.54, 1.807) is 0 Å². The van der Waals surface area contributed by atoms with E-state index in [2.05, 4.69) is 34.6 Å². The SMILES string of the molecule is CCCCCCCCCCCCCCCCCCCCC(=O)O[C@H](COC(=O)CCCCCCCCCCCCCC(C)C)COP(=O)(O)OC[C@@H](O)COP(=O)(O)OC[C@@H](COC(=O)CCCCCCCCCCCCC)OC(=O)CCCCCCCCCCCCCC. The first-order valence-corrected chi connectivity index (χ1v) is 42.6. The molecule has 0 fully saturated rings. The highest BCUT2D eigenvalue weighted by molar-refractivity contribution is 7.47. The molecule has 0 aromatic rings. The lowest BCUT2D eigenvalue weighted by Crippen LogP contribution is -2.30. The Hall–Kier alpha value is -1.94. The van der Waals surface area contributed by atoms with Crippen molar-refractivity contribution in [2.75, 3.05) is 39.6 Å². The van der Waals surface area contributed by atoms with Crippen molar-refractivity contribution in [1.29, 1.82) is 0 Å². The number of carbonyl (C=O) groups excluding carboxylic acids is 4. The van der Waals surface area contributed by atoms with Crippen LogP contribution in [0.4, 0.5) is 0 Å². The maximum Gasteiger partial charge on any atom is 0.472 e. The van der Waals surface area contributed by atoms with Crippen LogP contribution in [-0.2, 0) is 65.4 Å². The minimum absolute atomic E-state index is 0.108. The lowest BCUT2D eigenvalue weighted by molar-refractivity contribution is -0.161. The van der Waals surface area contributed by atoms with Gasteiger partial charge in [-0.2, -0.15) is 0 Å². The third-order valence-corrected chi connectivity index (χ3v) is 19.7. The summed E-state index contributed by atoms with van der Waals surface area (Å²) in [6.07, 6.45) is 58.1. The van der Waals surface area contributed by atoms with Gasteiger partial charge in [-0.3, -0.25) is 37.3 Å². The summed E-state index contributed by atoms with van der Waals surface area (Å²) in [5.74, 6) is -1.34. The summed E-state index contributed by atoms with van der Waals surface area (Å²) in [5.41, 5.74) is 0. The van der Waals surface area contributed by atoms with E-state index >= 15 is 0 Å². The molecular weight excluding hydrogens is 1250 g/mol. The molecule has 0 saturated carbocycles. The molecule has 19 heteroatoms. The Morgan fingerprint density at radius 3 is 0.716 bits per heavy atom. The Labute approximate surface area is 581 Å². The number of phosphoric acid groups is 2. The number of rotatable bonds is 76. The van der Waals surface area contributed by atoms with Gasteiger partial charge in [0.1, 0.15) is 19.3 Å². The molecule has 0 radical (unpaired) electrons. The number of hydrogen-bond acceptors (Lipinski definition) is 15. The summed E-state index contributed by atoms with van der Waals surface area (Å²) in [7, 11) is -9.91. The van der Waals surface area contributed by atoms with E-state index in [1.807, 2.05) is 0 Å². The average Bonchev–Trinajstić information content (AvgIpc) is 2.82. The molecule has 0 bridgehead atoms. The molecule has 0 amide bonds. The number of aliphatic hydroxyl groups is 1. The number of esters is 4. The second-order valence-corrected chi connectivity index (χ2v) is 30.8. The van der Waals surface area contributed by atoms with Crippen molar-refractivity contribution in [3.63, 3.8) is 0 Å². The first-order chi connectivity index (χ1) is 46.0. The molecule has 0 aliphatic rings. The van der Waals surface area contributed by atoms with Crippen molar-refractivity contribution in [2.24, 2.45) is 5.92 Å². The van der Waals surface area contributed by atoms with Gasteiger partial charge in [0.15, 0.2) is 12.2 Å². The first-order valence-electron chi connectivity index (χ1n) is 39.6. The molecule has 0 heterocycles. The van der Waals surface area contributed by atoms with Crippen LogP contribution in [0.2, 0.25) is 0 Å². The molecule has 3 N–H and O–H groups in total. The second kappa shape index (κ2) is 69.2. The van der Waals surface area contributed by atoms with Gasteiger partial charge in [-0.15, -0.1) is 0 Å². The quantitative estimate of drug-likeness (QED) is 0.0222. The van der Waals surface area contributed by atoms with Crippen LogP contribution in [0.25, 0.3) is 0 Å². The van der Waals surface area contributed by atoms with Gasteiger partial charge in [-0.1, -0.05) is 349 Å². The maximum absolute atomic E-state index is 13.1. The van der Waals surface area contributed by atoms with E-state index in [0.717, 1.165) is 95.8 Å². The standard InChI is InChI=1S/C76H148O17P2/c1-6-9-12-15-18-21-24-26-27-28-29-30-31-36-42-47-52-57-62-76(81)93-72(66-87-74(79)60-55-50-45-40-37-32-34-38-43-48-53-58-69(4)5)68-91-95(84,85)89-64-70(77)63-88-94(82,83)90-67-71(65-86-73(78)59-54-49-44-39-33-23-20-17-14-11-8-3)92-75(80)61-56-51-46-41-35-25-22-19-16-13-10-7-2/h69-72,77H,6-68H2,1-5H3,(H,82,83)(H,84,85)/t70-,71+,72+/m0/s1. The Balaban J connectivity index is 5.24. The lowest BCUT2D eigenvalue weighted by atomic mass is 10.0. The highest BCUT2D eigenvalue weighted by atomic mass is 31.2. The maximum atomic E-state index is 13.1. The molecule has 0 spiro atoms. The van der Waals surface area contributed by atoms with Gasteiger partial charge in [-0.05, 0) is 31.6 Å². The normalized spacial score (nSPS) is 13.9. The molecule has 0 saturated heterocycles. The van der Waals surface area contributed by atoms with Crippen LogP contribution in [-0.4, -0.2) is 96.7 Å². The average molecular weight is 1400 g/mol. The molecular formula is C76H148O17P2. The minimum Gasteiger partial charge on any atom is -0.462 e. The van der Waals surface area contributed by atoms with Gasteiger partial charge in [-0.25, -0.2) is 9.13 Å². The smallest absolute Gasteiger partial charge is 0.462 e.